The van der Waals surface area contributed by atoms with Crippen LogP contribution in [0.3, 0.4) is 0 Å². The van der Waals surface area contributed by atoms with E-state index in [9.17, 15) is 4.79 Å². The second kappa shape index (κ2) is 16.6. The van der Waals surface area contributed by atoms with Crippen molar-refractivity contribution in [1.82, 2.24) is 0 Å². The minimum absolute atomic E-state index is 0.121. The number of ether oxygens (including phenoxy) is 2. The predicted octanol–water partition coefficient (Wildman–Crippen LogP) is 6.92. The molecule has 0 amide bonds. The van der Waals surface area contributed by atoms with E-state index in [1.165, 1.54) is 96.6 Å². The first kappa shape index (κ1) is 23.5. The van der Waals surface area contributed by atoms with Gasteiger partial charge in [0.05, 0.1) is 13.7 Å². The quantitative estimate of drug-likeness (QED) is 0.277. The molecule has 0 aliphatic heterocycles. The highest BCUT2D eigenvalue weighted by Gasteiger charge is 1.98. The van der Waals surface area contributed by atoms with Gasteiger partial charge < -0.3 is 9.47 Å². The van der Waals surface area contributed by atoms with Crippen LogP contribution in [0.4, 0.5) is 0 Å². The predicted molar refractivity (Wildman–Crippen MR) is 115 cm³/mol. The van der Waals surface area contributed by atoms with E-state index < -0.39 is 0 Å². The van der Waals surface area contributed by atoms with Crippen LogP contribution in [0.5, 0.6) is 11.5 Å². The van der Waals surface area contributed by atoms with Crippen LogP contribution >= 0.6 is 0 Å². The molecule has 0 fully saturated rings. The van der Waals surface area contributed by atoms with Gasteiger partial charge in [-0.25, -0.2) is 0 Å². The maximum atomic E-state index is 11.6. The third-order valence-corrected chi connectivity index (χ3v) is 5.03. The molecular formula is C24H40O3. The lowest BCUT2D eigenvalue weighted by atomic mass is 10.0. The Hall–Kier alpha value is -1.51. The maximum Gasteiger partial charge on any atom is 0.220 e. The summed E-state index contributed by atoms with van der Waals surface area (Å²) in [5.41, 5.74) is -0.121. The monoisotopic (exact) mass is 376 g/mol. The molecule has 0 aliphatic carbocycles. The van der Waals surface area contributed by atoms with Crippen molar-refractivity contribution in [1.29, 1.82) is 0 Å². The second-order valence-electron chi connectivity index (χ2n) is 7.45. The summed E-state index contributed by atoms with van der Waals surface area (Å²) in [6, 6.07) is 6.68. The van der Waals surface area contributed by atoms with Gasteiger partial charge in [-0.3, -0.25) is 4.79 Å². The minimum atomic E-state index is -0.121. The average molecular weight is 377 g/mol. The van der Waals surface area contributed by atoms with Crippen molar-refractivity contribution in [2.45, 2.75) is 96.8 Å². The van der Waals surface area contributed by atoms with Crippen LogP contribution in [0.25, 0.3) is 0 Å². The zero-order valence-corrected chi connectivity index (χ0v) is 17.6. The van der Waals surface area contributed by atoms with Crippen molar-refractivity contribution in [3.63, 3.8) is 0 Å². The Labute approximate surface area is 166 Å². The maximum absolute atomic E-state index is 11.6. The molecule has 1 aromatic carbocycles. The first-order valence-corrected chi connectivity index (χ1v) is 11.1. The van der Waals surface area contributed by atoms with E-state index in [1.807, 2.05) is 0 Å². The van der Waals surface area contributed by atoms with Gasteiger partial charge in [0.2, 0.25) is 5.43 Å². The highest BCUT2D eigenvalue weighted by Crippen LogP contribution is 2.14. The Morgan fingerprint density at radius 1 is 0.667 bits per heavy atom. The van der Waals surface area contributed by atoms with Gasteiger partial charge in [0.25, 0.3) is 0 Å². The molecule has 1 rings (SSSR count). The van der Waals surface area contributed by atoms with Gasteiger partial charge in [-0.05, 0) is 30.7 Å². The molecule has 0 aromatic heterocycles. The van der Waals surface area contributed by atoms with Crippen LogP contribution in [0.1, 0.15) is 96.8 Å². The zero-order valence-electron chi connectivity index (χ0n) is 17.6. The molecule has 0 saturated carbocycles. The molecule has 0 heterocycles. The van der Waals surface area contributed by atoms with Crippen molar-refractivity contribution in [3.8, 4) is 11.5 Å². The lowest BCUT2D eigenvalue weighted by Crippen LogP contribution is -1.99. The summed E-state index contributed by atoms with van der Waals surface area (Å²) < 4.78 is 10.8. The molecule has 0 radical (unpaired) electrons. The Balaban J connectivity index is 1.91. The van der Waals surface area contributed by atoms with Crippen LogP contribution in [0, 0.1) is 0 Å². The number of hydrogen-bond acceptors (Lipinski definition) is 3. The van der Waals surface area contributed by atoms with Crippen molar-refractivity contribution >= 4 is 0 Å². The van der Waals surface area contributed by atoms with Gasteiger partial charge in [-0.1, -0.05) is 90.4 Å². The van der Waals surface area contributed by atoms with Crippen molar-refractivity contribution < 1.29 is 9.47 Å². The van der Waals surface area contributed by atoms with Crippen LogP contribution in [0.15, 0.2) is 29.1 Å². The number of rotatable bonds is 17. The summed E-state index contributed by atoms with van der Waals surface area (Å²) in [5.74, 6) is 1.08. The molecule has 3 nitrogen and oxygen atoms in total. The highest BCUT2D eigenvalue weighted by atomic mass is 16.5. The Kier molecular flexibility index (Phi) is 14.5. The lowest BCUT2D eigenvalue weighted by Gasteiger charge is -2.05. The lowest BCUT2D eigenvalue weighted by molar-refractivity contribution is 0.304. The molecule has 3 heteroatoms. The molecule has 0 spiro atoms. The molecule has 27 heavy (non-hydrogen) atoms. The van der Waals surface area contributed by atoms with Gasteiger partial charge in [0, 0.05) is 0 Å². The number of unbranched alkanes of at least 4 members (excludes halogenated alkanes) is 13. The van der Waals surface area contributed by atoms with Crippen LogP contribution in [-0.2, 0) is 0 Å². The number of hydrogen-bond donors (Lipinski definition) is 0. The fourth-order valence-corrected chi connectivity index (χ4v) is 3.29. The van der Waals surface area contributed by atoms with Gasteiger partial charge in [-0.2, -0.15) is 0 Å². The van der Waals surface area contributed by atoms with E-state index >= 15 is 0 Å². The molecule has 154 valence electrons. The van der Waals surface area contributed by atoms with E-state index in [1.54, 1.807) is 18.2 Å². The minimum Gasteiger partial charge on any atom is -0.494 e. The van der Waals surface area contributed by atoms with E-state index in [4.69, 9.17) is 9.47 Å². The fourth-order valence-electron chi connectivity index (χ4n) is 3.29. The second-order valence-corrected chi connectivity index (χ2v) is 7.45. The fraction of sp³-hybridized carbons (Fsp3) is 0.708. The summed E-state index contributed by atoms with van der Waals surface area (Å²) in [6.07, 6.45) is 19.0. The first-order chi connectivity index (χ1) is 13.3. The van der Waals surface area contributed by atoms with Crippen molar-refractivity contribution in [2.75, 3.05) is 13.7 Å². The smallest absolute Gasteiger partial charge is 0.220 e. The van der Waals surface area contributed by atoms with E-state index in [0.717, 1.165) is 12.2 Å². The molecule has 0 unspecified atom stereocenters. The Morgan fingerprint density at radius 3 is 1.67 bits per heavy atom. The molecule has 0 aliphatic rings. The summed E-state index contributed by atoms with van der Waals surface area (Å²) in [5, 5.41) is 0. The molecule has 0 saturated heterocycles. The third kappa shape index (κ3) is 12.5. The molecule has 0 N–H and O–H groups in total. The summed E-state index contributed by atoms with van der Waals surface area (Å²) in [4.78, 5) is 11.6. The van der Waals surface area contributed by atoms with Crippen LogP contribution < -0.4 is 14.9 Å². The Morgan fingerprint density at radius 2 is 1.15 bits per heavy atom. The molecule has 1 aromatic rings. The largest absolute Gasteiger partial charge is 0.494 e. The van der Waals surface area contributed by atoms with Crippen LogP contribution in [-0.4, -0.2) is 13.7 Å². The normalized spacial score (nSPS) is 10.7. The average Bonchev–Trinajstić information content (AvgIpc) is 2.86. The molecule has 0 atom stereocenters. The number of methoxy groups -OCH3 is 1. The summed E-state index contributed by atoms with van der Waals surface area (Å²) in [7, 11) is 1.51. The van der Waals surface area contributed by atoms with Gasteiger partial charge in [0.1, 0.15) is 5.75 Å². The summed E-state index contributed by atoms with van der Waals surface area (Å²) >= 11 is 0. The molecule has 0 bridgehead atoms. The zero-order chi connectivity index (χ0) is 19.6. The third-order valence-electron chi connectivity index (χ3n) is 5.03. The van der Waals surface area contributed by atoms with E-state index in [0.29, 0.717) is 12.4 Å². The van der Waals surface area contributed by atoms with Crippen molar-refractivity contribution in [3.05, 3.63) is 34.5 Å². The van der Waals surface area contributed by atoms with Gasteiger partial charge in [0.15, 0.2) is 5.75 Å². The van der Waals surface area contributed by atoms with E-state index in [-0.39, 0.29) is 5.43 Å². The van der Waals surface area contributed by atoms with Crippen molar-refractivity contribution in [2.24, 2.45) is 0 Å². The standard InChI is InChI=1S/C24H40O3/c1-3-4-5-6-7-8-9-10-11-12-13-14-15-16-21-27-22-17-19-23(25)24(26-2)20-18-22/h17-20H,3-16,21H2,1-2H3. The van der Waals surface area contributed by atoms with Gasteiger partial charge >= 0.3 is 0 Å². The SMILES string of the molecule is CCCCCCCCCCCCCCCCOc1ccc(OC)c(=O)cc1. The Bertz CT molecular complexity index is 527. The van der Waals surface area contributed by atoms with Crippen LogP contribution in [0.2, 0.25) is 0 Å². The van der Waals surface area contributed by atoms with E-state index in [2.05, 4.69) is 6.92 Å². The highest BCUT2D eigenvalue weighted by molar-refractivity contribution is 5.28. The summed E-state index contributed by atoms with van der Waals surface area (Å²) in [6.45, 7) is 2.98. The first-order valence-electron chi connectivity index (χ1n) is 11.1. The molecular weight excluding hydrogens is 336 g/mol. The topological polar surface area (TPSA) is 35.5 Å². The van der Waals surface area contributed by atoms with Gasteiger partial charge in [-0.15, -0.1) is 0 Å².